The first-order chi connectivity index (χ1) is 15.9. The van der Waals surface area contributed by atoms with Crippen LogP contribution in [0, 0.1) is 5.92 Å². The van der Waals surface area contributed by atoms with Crippen molar-refractivity contribution in [3.63, 3.8) is 0 Å². The van der Waals surface area contributed by atoms with Crippen LogP contribution >= 0.6 is 0 Å². The van der Waals surface area contributed by atoms with Gasteiger partial charge < -0.3 is 14.0 Å². The monoisotopic (exact) mass is 486 g/mol. The first kappa shape index (κ1) is 26.0. The van der Waals surface area contributed by atoms with Gasteiger partial charge in [0.15, 0.2) is 14.6 Å². The van der Waals surface area contributed by atoms with Gasteiger partial charge in [-0.3, -0.25) is 14.2 Å². The van der Waals surface area contributed by atoms with E-state index in [0.717, 1.165) is 12.7 Å². The lowest BCUT2D eigenvalue weighted by Gasteiger charge is -2.40. The van der Waals surface area contributed by atoms with Crippen molar-refractivity contribution in [1.82, 2.24) is 9.13 Å². The van der Waals surface area contributed by atoms with Crippen molar-refractivity contribution in [2.75, 3.05) is 0 Å². The molecular weight excluding hydrogens is 452 g/mol. The topological polar surface area (TPSA) is 96.6 Å². The van der Waals surface area contributed by atoms with E-state index in [9.17, 15) is 19.2 Å². The second-order valence-electron chi connectivity index (χ2n) is 10.3. The molecule has 1 aromatic heterocycles. The summed E-state index contributed by atoms with van der Waals surface area (Å²) in [5.74, 6) is -1.01. The Bertz CT molecular complexity index is 1150. The van der Waals surface area contributed by atoms with Crippen LogP contribution in [-0.2, 0) is 14.0 Å². The number of hydrogen-bond acceptors (Lipinski definition) is 6. The number of carbonyl (C=O) groups is 2. The Morgan fingerprint density at radius 1 is 1.15 bits per heavy atom. The maximum Gasteiger partial charge on any atom is 0.340 e. The third-order valence-corrected chi connectivity index (χ3v) is 11.4. The highest BCUT2D eigenvalue weighted by molar-refractivity contribution is 6.74. The van der Waals surface area contributed by atoms with Crippen LogP contribution in [0.2, 0.25) is 18.1 Å². The summed E-state index contributed by atoms with van der Waals surface area (Å²) in [5, 5.41) is -0.0819. The predicted octanol–water partition coefficient (Wildman–Crippen LogP) is 3.60. The zero-order valence-electron chi connectivity index (χ0n) is 20.7. The number of carbonyl (C=O) groups excluding carboxylic acids is 2. The first-order valence-corrected chi connectivity index (χ1v) is 14.6. The number of aldehydes is 1. The number of hydrogen-bond donors (Lipinski definition) is 0. The van der Waals surface area contributed by atoms with E-state index in [0.29, 0.717) is 11.0 Å². The Labute approximate surface area is 200 Å². The summed E-state index contributed by atoms with van der Waals surface area (Å²) >= 11 is 0. The maximum atomic E-state index is 13.4. The van der Waals surface area contributed by atoms with E-state index in [1.165, 1.54) is 16.8 Å². The molecular formula is C25H34N2O6Si. The highest BCUT2D eigenvalue weighted by atomic mass is 28.4. The molecule has 0 unspecified atom stereocenters. The number of aromatic nitrogens is 2. The van der Waals surface area contributed by atoms with Gasteiger partial charge in [0.1, 0.15) is 12.3 Å². The fraction of sp³-hybridized carbons (Fsp3) is 0.520. The molecule has 8 nitrogen and oxygen atoms in total. The van der Waals surface area contributed by atoms with Crippen molar-refractivity contribution < 1.29 is 18.8 Å². The summed E-state index contributed by atoms with van der Waals surface area (Å²) in [6.45, 7) is 12.6. The van der Waals surface area contributed by atoms with Gasteiger partial charge in [-0.2, -0.15) is 4.57 Å². The van der Waals surface area contributed by atoms with Crippen LogP contribution in [0.1, 0.15) is 57.1 Å². The lowest BCUT2D eigenvalue weighted by molar-refractivity contribution is -0.122. The van der Waals surface area contributed by atoms with Crippen LogP contribution in [0.5, 0.6) is 0 Å². The Morgan fingerprint density at radius 2 is 1.79 bits per heavy atom. The lowest BCUT2D eigenvalue weighted by Crippen LogP contribution is -2.48. The molecule has 184 valence electrons. The van der Waals surface area contributed by atoms with E-state index in [2.05, 4.69) is 33.9 Å². The maximum absolute atomic E-state index is 13.4. The summed E-state index contributed by atoms with van der Waals surface area (Å²) in [7, 11) is -2.26. The fourth-order valence-corrected chi connectivity index (χ4v) is 5.36. The number of ether oxygens (including phenoxy) is 1. The SMILES string of the molecule is CCC[C@@H]1[C@H](O[Si](C)(C)C(C)(C)C)[C@@H](C=O)O[C@H]1n1ccc(=O)n(C(=O)c2ccccc2)c1=O. The summed E-state index contributed by atoms with van der Waals surface area (Å²) in [6, 6.07) is 9.33. The van der Waals surface area contributed by atoms with Crippen molar-refractivity contribution in [2.24, 2.45) is 5.92 Å². The first-order valence-electron chi connectivity index (χ1n) is 11.7. The third kappa shape index (κ3) is 4.91. The molecule has 1 aliphatic heterocycles. The highest BCUT2D eigenvalue weighted by Crippen LogP contribution is 2.44. The average Bonchev–Trinajstić information content (AvgIpc) is 3.10. The minimum absolute atomic E-state index is 0.0819. The second-order valence-corrected chi connectivity index (χ2v) is 15.0. The zero-order chi connectivity index (χ0) is 25.3. The summed E-state index contributed by atoms with van der Waals surface area (Å²) < 4.78 is 14.5. The number of nitrogens with zero attached hydrogens (tertiary/aromatic N) is 2. The smallest absolute Gasteiger partial charge is 0.340 e. The Morgan fingerprint density at radius 3 is 2.35 bits per heavy atom. The number of rotatable bonds is 7. The van der Waals surface area contributed by atoms with Gasteiger partial charge in [-0.05, 0) is 36.7 Å². The largest absolute Gasteiger partial charge is 0.410 e. The summed E-state index contributed by atoms with van der Waals surface area (Å²) in [4.78, 5) is 50.9. The van der Waals surface area contributed by atoms with Crippen LogP contribution in [0.15, 0.2) is 52.2 Å². The summed E-state index contributed by atoms with van der Waals surface area (Å²) in [6.07, 6.45) is 1.26. The number of benzene rings is 1. The molecule has 1 fully saturated rings. The molecule has 0 saturated carbocycles. The molecule has 1 saturated heterocycles. The van der Waals surface area contributed by atoms with Crippen LogP contribution in [0.4, 0.5) is 0 Å². The zero-order valence-corrected chi connectivity index (χ0v) is 21.7. The van der Waals surface area contributed by atoms with E-state index in [4.69, 9.17) is 9.16 Å². The molecule has 0 radical (unpaired) electrons. The molecule has 9 heteroatoms. The van der Waals surface area contributed by atoms with Gasteiger partial charge in [-0.25, -0.2) is 4.79 Å². The Kier molecular flexibility index (Phi) is 7.59. The van der Waals surface area contributed by atoms with Gasteiger partial charge in [0.2, 0.25) is 0 Å². The normalized spacial score (nSPS) is 23.1. The third-order valence-electron chi connectivity index (χ3n) is 6.91. The molecule has 4 atom stereocenters. The van der Waals surface area contributed by atoms with Crippen molar-refractivity contribution in [3.8, 4) is 0 Å². The summed E-state index contributed by atoms with van der Waals surface area (Å²) in [5.41, 5.74) is -1.30. The minimum atomic E-state index is -2.26. The molecule has 1 aromatic carbocycles. The second kappa shape index (κ2) is 9.93. The lowest BCUT2D eigenvalue weighted by atomic mass is 9.95. The molecule has 0 bridgehead atoms. The van der Waals surface area contributed by atoms with E-state index in [1.54, 1.807) is 30.3 Å². The molecule has 2 aromatic rings. The van der Waals surface area contributed by atoms with E-state index < -0.39 is 43.9 Å². The standard InChI is InChI=1S/C25H34N2O6Si/c1-7-11-18-21(33-34(5,6)25(2,3)4)19(16-28)32-23(18)26-15-14-20(29)27(24(26)31)22(30)17-12-9-8-10-13-17/h8-10,12-16,18-19,21,23H,7,11H2,1-6H3/t18-,19-,21+,23-/m1/s1. The van der Waals surface area contributed by atoms with E-state index >= 15 is 0 Å². The molecule has 1 aliphatic rings. The van der Waals surface area contributed by atoms with Crippen molar-refractivity contribution in [2.45, 2.75) is 77.1 Å². The Balaban J connectivity index is 2.06. The average molecular weight is 487 g/mol. The quantitative estimate of drug-likeness (QED) is 0.438. The van der Waals surface area contributed by atoms with Crippen LogP contribution in [0.25, 0.3) is 0 Å². The van der Waals surface area contributed by atoms with E-state index in [-0.39, 0.29) is 16.5 Å². The van der Waals surface area contributed by atoms with Gasteiger partial charge in [0.05, 0.1) is 6.10 Å². The van der Waals surface area contributed by atoms with E-state index in [1.807, 2.05) is 6.92 Å². The molecule has 0 N–H and O–H groups in total. The molecule has 2 heterocycles. The van der Waals surface area contributed by atoms with Crippen molar-refractivity contribution in [3.05, 3.63) is 69.0 Å². The van der Waals surface area contributed by atoms with Gasteiger partial charge in [0.25, 0.3) is 11.5 Å². The van der Waals surface area contributed by atoms with Crippen LogP contribution in [0.3, 0.4) is 0 Å². The van der Waals surface area contributed by atoms with Crippen molar-refractivity contribution >= 4 is 20.5 Å². The highest BCUT2D eigenvalue weighted by Gasteiger charge is 2.50. The van der Waals surface area contributed by atoms with Gasteiger partial charge in [-0.15, -0.1) is 0 Å². The fourth-order valence-electron chi connectivity index (χ4n) is 4.02. The molecule has 34 heavy (non-hydrogen) atoms. The molecule has 3 rings (SSSR count). The van der Waals surface area contributed by atoms with Gasteiger partial charge in [0, 0.05) is 23.7 Å². The van der Waals surface area contributed by atoms with Crippen LogP contribution < -0.4 is 11.2 Å². The van der Waals surface area contributed by atoms with Gasteiger partial charge in [-0.1, -0.05) is 52.3 Å². The van der Waals surface area contributed by atoms with Crippen LogP contribution in [-0.4, -0.2) is 41.9 Å². The Hall–Kier alpha value is -2.62. The predicted molar refractivity (Wildman–Crippen MR) is 132 cm³/mol. The molecule has 0 aliphatic carbocycles. The molecule has 0 amide bonds. The molecule has 0 spiro atoms. The van der Waals surface area contributed by atoms with Gasteiger partial charge >= 0.3 is 5.69 Å². The van der Waals surface area contributed by atoms with Crippen molar-refractivity contribution in [1.29, 1.82) is 0 Å². The minimum Gasteiger partial charge on any atom is -0.410 e.